The number of aliphatic hydroxyl groups is 1. The van der Waals surface area contributed by atoms with Crippen LogP contribution >= 0.6 is 0 Å². The highest BCUT2D eigenvalue weighted by Gasteiger charge is 2.23. The number of ether oxygens (including phenoxy) is 1. The van der Waals surface area contributed by atoms with Gasteiger partial charge in [-0.05, 0) is 13.3 Å². The molecule has 6 heteroatoms. The fraction of sp³-hybridized carbons (Fsp3) is 0.583. The summed E-state index contributed by atoms with van der Waals surface area (Å²) in [6.07, 6.45) is 3.90. The minimum Gasteiger partial charge on any atom is -0.462 e. The summed E-state index contributed by atoms with van der Waals surface area (Å²) in [5.74, 6) is 0.482. The summed E-state index contributed by atoms with van der Waals surface area (Å²) in [5, 5.41) is 9.08. The molecule has 1 aromatic rings. The fourth-order valence-electron chi connectivity index (χ4n) is 1.97. The van der Waals surface area contributed by atoms with Gasteiger partial charge in [0.1, 0.15) is 0 Å². The van der Waals surface area contributed by atoms with Gasteiger partial charge in [0, 0.05) is 38.0 Å². The summed E-state index contributed by atoms with van der Waals surface area (Å²) in [7, 11) is 0. The van der Waals surface area contributed by atoms with E-state index < -0.39 is 5.97 Å². The molecule has 2 heterocycles. The first kappa shape index (κ1) is 12.8. The predicted molar refractivity (Wildman–Crippen MR) is 65.4 cm³/mol. The topological polar surface area (TPSA) is 75.5 Å². The van der Waals surface area contributed by atoms with Gasteiger partial charge in [0.25, 0.3) is 0 Å². The number of carbonyl (C=O) groups excluding carboxylic acids is 1. The molecule has 0 radical (unpaired) electrons. The summed E-state index contributed by atoms with van der Waals surface area (Å²) in [6.45, 7) is 3.88. The molecule has 0 saturated carbocycles. The molecule has 2 rings (SSSR count). The summed E-state index contributed by atoms with van der Waals surface area (Å²) in [6, 6.07) is 0. The van der Waals surface area contributed by atoms with E-state index in [4.69, 9.17) is 9.84 Å². The lowest BCUT2D eigenvalue weighted by atomic mass is 10.1. The van der Waals surface area contributed by atoms with E-state index in [0.717, 1.165) is 19.5 Å². The SMILES string of the molecule is CCOC(=O)c1cnc(N2CC[C@H](CO)C2)nc1. The minimum atomic E-state index is -0.404. The van der Waals surface area contributed by atoms with Crippen LogP contribution in [0.25, 0.3) is 0 Å². The standard InChI is InChI=1S/C12H17N3O3/c1-2-18-11(17)10-5-13-12(14-6-10)15-4-3-9(7-15)8-16/h5-6,9,16H,2-4,7-8H2,1H3/t9-/m0/s1. The molecule has 0 spiro atoms. The molecule has 0 aliphatic carbocycles. The number of rotatable bonds is 4. The number of hydrogen-bond acceptors (Lipinski definition) is 6. The third-order valence-electron chi connectivity index (χ3n) is 2.98. The van der Waals surface area contributed by atoms with Crippen molar-refractivity contribution in [3.63, 3.8) is 0 Å². The number of carbonyl (C=O) groups is 1. The highest BCUT2D eigenvalue weighted by Crippen LogP contribution is 2.19. The minimum absolute atomic E-state index is 0.192. The monoisotopic (exact) mass is 251 g/mol. The van der Waals surface area contributed by atoms with E-state index in [1.165, 1.54) is 12.4 Å². The van der Waals surface area contributed by atoms with Crippen LogP contribution in [0.4, 0.5) is 5.95 Å². The second-order valence-corrected chi connectivity index (χ2v) is 4.28. The molecule has 1 fully saturated rings. The molecule has 1 aliphatic rings. The Hall–Kier alpha value is -1.69. The fourth-order valence-corrected chi connectivity index (χ4v) is 1.97. The highest BCUT2D eigenvalue weighted by atomic mass is 16.5. The Morgan fingerprint density at radius 3 is 2.83 bits per heavy atom. The van der Waals surface area contributed by atoms with Gasteiger partial charge in [-0.2, -0.15) is 0 Å². The van der Waals surface area contributed by atoms with Gasteiger partial charge in [0.2, 0.25) is 5.95 Å². The first-order valence-electron chi connectivity index (χ1n) is 6.09. The Morgan fingerprint density at radius 2 is 2.28 bits per heavy atom. The average molecular weight is 251 g/mol. The first-order chi connectivity index (χ1) is 8.74. The molecule has 0 unspecified atom stereocenters. The van der Waals surface area contributed by atoms with Crippen molar-refractivity contribution in [3.05, 3.63) is 18.0 Å². The molecule has 1 N–H and O–H groups in total. The lowest BCUT2D eigenvalue weighted by Gasteiger charge is -2.15. The highest BCUT2D eigenvalue weighted by molar-refractivity contribution is 5.88. The number of aliphatic hydroxyl groups excluding tert-OH is 1. The van der Waals surface area contributed by atoms with E-state index in [-0.39, 0.29) is 6.61 Å². The lowest BCUT2D eigenvalue weighted by molar-refractivity contribution is 0.0525. The molecule has 1 aliphatic heterocycles. The summed E-state index contributed by atoms with van der Waals surface area (Å²) < 4.78 is 4.86. The van der Waals surface area contributed by atoms with E-state index in [1.54, 1.807) is 6.92 Å². The second-order valence-electron chi connectivity index (χ2n) is 4.28. The van der Waals surface area contributed by atoms with Gasteiger partial charge in [-0.3, -0.25) is 0 Å². The molecule has 1 atom stereocenters. The number of hydrogen-bond donors (Lipinski definition) is 1. The largest absolute Gasteiger partial charge is 0.462 e. The van der Waals surface area contributed by atoms with E-state index in [0.29, 0.717) is 24.0 Å². The molecule has 1 saturated heterocycles. The van der Waals surface area contributed by atoms with Crippen LogP contribution in [-0.2, 0) is 4.74 Å². The average Bonchev–Trinajstić information content (AvgIpc) is 2.88. The van der Waals surface area contributed by atoms with Gasteiger partial charge in [0.15, 0.2) is 0 Å². The van der Waals surface area contributed by atoms with Crippen LogP contribution < -0.4 is 4.90 Å². The maximum absolute atomic E-state index is 11.4. The van der Waals surface area contributed by atoms with Gasteiger partial charge in [-0.1, -0.05) is 0 Å². The zero-order valence-electron chi connectivity index (χ0n) is 10.4. The molecule has 0 bridgehead atoms. The van der Waals surface area contributed by atoms with Crippen LogP contribution in [0.2, 0.25) is 0 Å². The van der Waals surface area contributed by atoms with Crippen molar-refractivity contribution >= 4 is 11.9 Å². The Labute approximate surface area is 106 Å². The van der Waals surface area contributed by atoms with Gasteiger partial charge < -0.3 is 14.7 Å². The molecular formula is C12H17N3O3. The van der Waals surface area contributed by atoms with Crippen molar-refractivity contribution in [1.82, 2.24) is 9.97 Å². The summed E-state index contributed by atoms with van der Waals surface area (Å²) >= 11 is 0. The van der Waals surface area contributed by atoms with Crippen molar-refractivity contribution in [1.29, 1.82) is 0 Å². The maximum Gasteiger partial charge on any atom is 0.341 e. The quantitative estimate of drug-likeness (QED) is 0.784. The van der Waals surface area contributed by atoms with Crippen molar-refractivity contribution < 1.29 is 14.6 Å². The van der Waals surface area contributed by atoms with Gasteiger partial charge >= 0.3 is 5.97 Å². The van der Waals surface area contributed by atoms with Gasteiger partial charge in [-0.15, -0.1) is 0 Å². The number of esters is 1. The van der Waals surface area contributed by atoms with Crippen molar-refractivity contribution in [2.75, 3.05) is 31.2 Å². The maximum atomic E-state index is 11.4. The van der Waals surface area contributed by atoms with Crippen molar-refractivity contribution in [2.24, 2.45) is 5.92 Å². The molecule has 98 valence electrons. The van der Waals surface area contributed by atoms with Crippen LogP contribution in [0.3, 0.4) is 0 Å². The first-order valence-corrected chi connectivity index (χ1v) is 6.09. The normalized spacial score (nSPS) is 19.0. The van der Waals surface area contributed by atoms with E-state index in [2.05, 4.69) is 9.97 Å². The van der Waals surface area contributed by atoms with Crippen molar-refractivity contribution in [2.45, 2.75) is 13.3 Å². The second kappa shape index (κ2) is 5.77. The van der Waals surface area contributed by atoms with E-state index >= 15 is 0 Å². The van der Waals surface area contributed by atoms with Crippen LogP contribution in [0.1, 0.15) is 23.7 Å². The number of anilines is 1. The van der Waals surface area contributed by atoms with Crippen molar-refractivity contribution in [3.8, 4) is 0 Å². The summed E-state index contributed by atoms with van der Waals surface area (Å²) in [5.41, 5.74) is 0.360. The molecular weight excluding hydrogens is 234 g/mol. The summed E-state index contributed by atoms with van der Waals surface area (Å²) in [4.78, 5) is 21.8. The van der Waals surface area contributed by atoms with Crippen LogP contribution in [0.5, 0.6) is 0 Å². The molecule has 0 amide bonds. The van der Waals surface area contributed by atoms with Gasteiger partial charge in [0.05, 0.1) is 12.2 Å². The Bertz CT molecular complexity index is 408. The number of nitrogens with zero attached hydrogens (tertiary/aromatic N) is 3. The molecule has 18 heavy (non-hydrogen) atoms. The number of aromatic nitrogens is 2. The Balaban J connectivity index is 2.02. The van der Waals surface area contributed by atoms with Gasteiger partial charge in [-0.25, -0.2) is 14.8 Å². The Morgan fingerprint density at radius 1 is 1.56 bits per heavy atom. The lowest BCUT2D eigenvalue weighted by Crippen LogP contribution is -2.23. The molecule has 6 nitrogen and oxygen atoms in total. The van der Waals surface area contributed by atoms with Crippen LogP contribution in [0.15, 0.2) is 12.4 Å². The zero-order chi connectivity index (χ0) is 13.0. The smallest absolute Gasteiger partial charge is 0.341 e. The molecule has 0 aromatic carbocycles. The predicted octanol–water partition coefficient (Wildman–Crippen LogP) is 0.472. The Kier molecular flexibility index (Phi) is 4.09. The van der Waals surface area contributed by atoms with E-state index in [9.17, 15) is 4.79 Å². The zero-order valence-corrected chi connectivity index (χ0v) is 10.4. The molecule has 1 aromatic heterocycles. The third-order valence-corrected chi connectivity index (χ3v) is 2.98. The van der Waals surface area contributed by atoms with E-state index in [1.807, 2.05) is 4.90 Å². The third kappa shape index (κ3) is 2.76. The van der Waals surface area contributed by atoms with Crippen LogP contribution in [0, 0.1) is 5.92 Å². The van der Waals surface area contributed by atoms with Crippen LogP contribution in [-0.4, -0.2) is 47.3 Å².